The highest BCUT2D eigenvalue weighted by molar-refractivity contribution is 9.10. The van der Waals surface area contributed by atoms with Crippen molar-refractivity contribution in [2.24, 2.45) is 0 Å². The van der Waals surface area contributed by atoms with Crippen LogP contribution < -0.4 is 0 Å². The third kappa shape index (κ3) is 2.10. The van der Waals surface area contributed by atoms with Gasteiger partial charge >= 0.3 is 0 Å². The zero-order valence-corrected chi connectivity index (χ0v) is 11.8. The minimum atomic E-state index is -0.247. The molecule has 0 unspecified atom stereocenters. The predicted octanol–water partition coefficient (Wildman–Crippen LogP) is 4.69. The van der Waals surface area contributed by atoms with Gasteiger partial charge in [0, 0.05) is 10.0 Å². The molecule has 2 nitrogen and oxygen atoms in total. The number of benzene rings is 1. The summed E-state index contributed by atoms with van der Waals surface area (Å²) < 4.78 is 6.41. The van der Waals surface area contributed by atoms with Gasteiger partial charge in [0.2, 0.25) is 5.78 Å². The van der Waals surface area contributed by atoms with Gasteiger partial charge < -0.3 is 4.42 Å². The summed E-state index contributed by atoms with van der Waals surface area (Å²) in [5.74, 6) is 0.00294. The molecule has 0 amide bonds. The Morgan fingerprint density at radius 2 is 1.94 bits per heavy atom. The smallest absolute Gasteiger partial charge is 0.230 e. The summed E-state index contributed by atoms with van der Waals surface area (Å²) in [6.45, 7) is 0. The SMILES string of the molecule is O=C(c1cccc(Br)c1Cl)c1occc1Br. The van der Waals surface area contributed by atoms with Gasteiger partial charge in [-0.15, -0.1) is 0 Å². The van der Waals surface area contributed by atoms with E-state index in [-0.39, 0.29) is 11.5 Å². The van der Waals surface area contributed by atoms with Crippen LogP contribution in [0, 0.1) is 0 Å². The zero-order valence-electron chi connectivity index (χ0n) is 7.84. The maximum absolute atomic E-state index is 12.1. The van der Waals surface area contributed by atoms with Crippen LogP contribution in [0.3, 0.4) is 0 Å². The van der Waals surface area contributed by atoms with Crippen molar-refractivity contribution in [3.05, 3.63) is 55.8 Å². The van der Waals surface area contributed by atoms with E-state index in [9.17, 15) is 4.79 Å². The third-order valence-electron chi connectivity index (χ3n) is 2.02. The van der Waals surface area contributed by atoms with Crippen LogP contribution in [0.5, 0.6) is 0 Å². The average molecular weight is 364 g/mol. The zero-order chi connectivity index (χ0) is 11.7. The Balaban J connectivity index is 2.50. The van der Waals surface area contributed by atoms with Crippen molar-refractivity contribution in [2.45, 2.75) is 0 Å². The first-order valence-electron chi connectivity index (χ1n) is 4.33. The van der Waals surface area contributed by atoms with Crippen molar-refractivity contribution in [1.29, 1.82) is 0 Å². The maximum atomic E-state index is 12.1. The second-order valence-corrected chi connectivity index (χ2v) is 5.11. The fourth-order valence-corrected chi connectivity index (χ4v) is 2.22. The molecule has 1 aromatic heterocycles. The summed E-state index contributed by atoms with van der Waals surface area (Å²) in [4.78, 5) is 12.1. The molecule has 0 N–H and O–H groups in total. The lowest BCUT2D eigenvalue weighted by molar-refractivity contribution is 0.101. The van der Waals surface area contributed by atoms with E-state index in [4.69, 9.17) is 16.0 Å². The van der Waals surface area contributed by atoms with Crippen molar-refractivity contribution >= 4 is 49.2 Å². The molecule has 0 saturated carbocycles. The average Bonchev–Trinajstić information content (AvgIpc) is 2.68. The van der Waals surface area contributed by atoms with Crippen molar-refractivity contribution in [2.75, 3.05) is 0 Å². The van der Waals surface area contributed by atoms with Crippen molar-refractivity contribution in [3.8, 4) is 0 Å². The molecule has 1 aromatic carbocycles. The number of carbonyl (C=O) groups excluding carboxylic acids is 1. The van der Waals surface area contributed by atoms with Crippen molar-refractivity contribution < 1.29 is 9.21 Å². The Morgan fingerprint density at radius 1 is 1.19 bits per heavy atom. The van der Waals surface area contributed by atoms with Gasteiger partial charge in [-0.3, -0.25) is 4.79 Å². The van der Waals surface area contributed by atoms with Crippen molar-refractivity contribution in [3.63, 3.8) is 0 Å². The second-order valence-electron chi connectivity index (χ2n) is 3.03. The highest BCUT2D eigenvalue weighted by Crippen LogP contribution is 2.29. The van der Waals surface area contributed by atoms with Gasteiger partial charge in [-0.05, 0) is 50.1 Å². The highest BCUT2D eigenvalue weighted by Gasteiger charge is 2.19. The summed E-state index contributed by atoms with van der Waals surface area (Å²) in [7, 11) is 0. The van der Waals surface area contributed by atoms with Gasteiger partial charge in [0.25, 0.3) is 0 Å². The number of rotatable bonds is 2. The van der Waals surface area contributed by atoms with E-state index in [1.54, 1.807) is 24.3 Å². The molecule has 0 bridgehead atoms. The van der Waals surface area contributed by atoms with Crippen LogP contribution in [0.25, 0.3) is 0 Å². The van der Waals surface area contributed by atoms with E-state index < -0.39 is 0 Å². The minimum Gasteiger partial charge on any atom is -0.460 e. The number of hydrogen-bond acceptors (Lipinski definition) is 2. The van der Waals surface area contributed by atoms with Gasteiger partial charge in [0.1, 0.15) is 0 Å². The van der Waals surface area contributed by atoms with Crippen LogP contribution in [0.4, 0.5) is 0 Å². The molecule has 0 radical (unpaired) electrons. The molecule has 2 aromatic rings. The Labute approximate surface area is 114 Å². The minimum absolute atomic E-state index is 0.247. The first kappa shape index (κ1) is 11.9. The Kier molecular flexibility index (Phi) is 3.52. The molecular formula is C11H5Br2ClO2. The van der Waals surface area contributed by atoms with Gasteiger partial charge in [0.05, 0.1) is 15.8 Å². The molecule has 2 rings (SSSR count). The van der Waals surface area contributed by atoms with Gasteiger partial charge in [-0.1, -0.05) is 17.7 Å². The summed E-state index contributed by atoms with van der Waals surface area (Å²) >= 11 is 12.5. The molecule has 16 heavy (non-hydrogen) atoms. The lowest BCUT2D eigenvalue weighted by Crippen LogP contribution is -2.01. The molecule has 0 fully saturated rings. The fourth-order valence-electron chi connectivity index (χ4n) is 1.26. The number of halogens is 3. The predicted molar refractivity (Wildman–Crippen MR) is 69.0 cm³/mol. The van der Waals surface area contributed by atoms with Crippen molar-refractivity contribution in [1.82, 2.24) is 0 Å². The quantitative estimate of drug-likeness (QED) is 0.724. The summed E-state index contributed by atoms with van der Waals surface area (Å²) in [5, 5.41) is 0.385. The monoisotopic (exact) mass is 362 g/mol. The fraction of sp³-hybridized carbons (Fsp3) is 0. The maximum Gasteiger partial charge on any atom is 0.230 e. The van der Waals surface area contributed by atoms with Gasteiger partial charge in [-0.2, -0.15) is 0 Å². The lowest BCUT2D eigenvalue weighted by atomic mass is 10.1. The molecule has 82 valence electrons. The normalized spacial score (nSPS) is 10.4. The first-order valence-corrected chi connectivity index (χ1v) is 6.29. The molecule has 1 heterocycles. The molecule has 0 aliphatic rings. The van der Waals surface area contributed by atoms with Crippen LogP contribution in [0.15, 0.2) is 43.9 Å². The summed E-state index contributed by atoms with van der Waals surface area (Å²) in [6, 6.07) is 6.85. The number of furan rings is 1. The van der Waals surface area contributed by atoms with Crippen LogP contribution in [-0.4, -0.2) is 5.78 Å². The van der Waals surface area contributed by atoms with Crippen LogP contribution in [-0.2, 0) is 0 Å². The number of carbonyl (C=O) groups is 1. The van der Waals surface area contributed by atoms with E-state index in [1.807, 2.05) is 0 Å². The largest absolute Gasteiger partial charge is 0.460 e. The third-order valence-corrected chi connectivity index (χ3v) is 3.94. The molecule has 0 atom stereocenters. The molecule has 0 spiro atoms. The summed E-state index contributed by atoms with van der Waals surface area (Å²) in [5.41, 5.74) is 0.409. The topological polar surface area (TPSA) is 30.2 Å². The molecule has 0 aliphatic carbocycles. The van der Waals surface area contributed by atoms with Gasteiger partial charge in [0.15, 0.2) is 5.76 Å². The molecular weight excluding hydrogens is 359 g/mol. The van der Waals surface area contributed by atoms with E-state index in [1.165, 1.54) is 6.26 Å². The standard InChI is InChI=1S/C11H5Br2ClO2/c12-7-3-1-2-6(9(7)14)10(15)11-8(13)4-5-16-11/h1-5H. The van der Waals surface area contributed by atoms with E-state index in [2.05, 4.69) is 31.9 Å². The Hall–Kier alpha value is -0.580. The summed E-state index contributed by atoms with van der Waals surface area (Å²) in [6.07, 6.45) is 1.45. The van der Waals surface area contributed by atoms with E-state index in [0.29, 0.717) is 19.5 Å². The van der Waals surface area contributed by atoms with Crippen LogP contribution >= 0.6 is 43.5 Å². The number of ketones is 1. The second kappa shape index (κ2) is 4.73. The molecule has 5 heteroatoms. The lowest BCUT2D eigenvalue weighted by Gasteiger charge is -2.03. The Bertz CT molecular complexity index is 549. The van der Waals surface area contributed by atoms with Crippen LogP contribution in [0.1, 0.15) is 16.1 Å². The van der Waals surface area contributed by atoms with Crippen LogP contribution in [0.2, 0.25) is 5.02 Å². The molecule has 0 aliphatic heterocycles. The van der Waals surface area contributed by atoms with Gasteiger partial charge in [-0.25, -0.2) is 0 Å². The Morgan fingerprint density at radius 3 is 2.56 bits per heavy atom. The molecule has 0 saturated heterocycles. The van der Waals surface area contributed by atoms with E-state index >= 15 is 0 Å². The van der Waals surface area contributed by atoms with E-state index in [0.717, 1.165) is 0 Å². The first-order chi connectivity index (χ1) is 7.61. The highest BCUT2D eigenvalue weighted by atomic mass is 79.9. The number of hydrogen-bond donors (Lipinski definition) is 0.